The Balaban J connectivity index is 1.20. The van der Waals surface area contributed by atoms with E-state index in [1.807, 2.05) is 38.8 Å². The molecule has 3 N–H and O–H groups in total. The van der Waals surface area contributed by atoms with Gasteiger partial charge in [-0.3, -0.25) is 14.5 Å². The SMILES string of the molecule is CCCCN(C(=O)C(NC(=O)OC)C(C)C)c1nc(C2CCC(c3ccc(-c4cnc(C5CCCN5C(=O)C(NC(=O)OC)C(C)C)[nH]4)cc3)CC2)co1. The summed E-state index contributed by atoms with van der Waals surface area (Å²) in [7, 11) is 2.57. The first-order valence-corrected chi connectivity index (χ1v) is 19.4. The maximum absolute atomic E-state index is 13.6. The summed E-state index contributed by atoms with van der Waals surface area (Å²) in [6.45, 7) is 10.7. The Hall–Kier alpha value is -4.88. The van der Waals surface area contributed by atoms with Gasteiger partial charge in [0.2, 0.25) is 5.91 Å². The van der Waals surface area contributed by atoms with Gasteiger partial charge in [0.1, 0.15) is 24.2 Å². The van der Waals surface area contributed by atoms with E-state index < -0.39 is 24.3 Å². The van der Waals surface area contributed by atoms with Gasteiger partial charge in [0.25, 0.3) is 5.91 Å². The molecule has 1 aliphatic carbocycles. The fourth-order valence-electron chi connectivity index (χ4n) is 7.57. The number of carbonyl (C=O) groups excluding carboxylic acids is 4. The summed E-state index contributed by atoms with van der Waals surface area (Å²) in [5.74, 6) is 0.739. The minimum atomic E-state index is -0.768. The Morgan fingerprint density at radius 1 is 0.926 bits per heavy atom. The van der Waals surface area contributed by atoms with Crippen molar-refractivity contribution in [2.75, 3.05) is 32.2 Å². The maximum Gasteiger partial charge on any atom is 0.407 e. The Labute approximate surface area is 318 Å². The van der Waals surface area contributed by atoms with Crippen molar-refractivity contribution in [3.05, 3.63) is 53.8 Å². The smallest absolute Gasteiger partial charge is 0.407 e. The minimum absolute atomic E-state index is 0.0980. The molecule has 1 aromatic carbocycles. The highest BCUT2D eigenvalue weighted by Gasteiger charge is 2.38. The second kappa shape index (κ2) is 18.4. The molecule has 0 spiro atoms. The largest absolute Gasteiger partial charge is 0.453 e. The number of benzene rings is 1. The van der Waals surface area contributed by atoms with Gasteiger partial charge in [-0.25, -0.2) is 14.6 Å². The van der Waals surface area contributed by atoms with Crippen LogP contribution in [-0.2, 0) is 19.1 Å². The van der Waals surface area contributed by atoms with Gasteiger partial charge in [0.05, 0.1) is 37.8 Å². The van der Waals surface area contributed by atoms with Crippen LogP contribution in [0.1, 0.15) is 121 Å². The lowest BCUT2D eigenvalue weighted by molar-refractivity contribution is -0.135. The van der Waals surface area contributed by atoms with Crippen molar-refractivity contribution in [3.8, 4) is 11.3 Å². The molecule has 3 heterocycles. The van der Waals surface area contributed by atoms with Crippen LogP contribution in [0.4, 0.5) is 15.6 Å². The Morgan fingerprint density at radius 2 is 1.56 bits per heavy atom. The molecule has 54 heavy (non-hydrogen) atoms. The number of anilines is 1. The number of unbranched alkanes of at least 4 members (excludes halogenated alkanes) is 1. The van der Waals surface area contributed by atoms with Gasteiger partial charge < -0.3 is 34.4 Å². The van der Waals surface area contributed by atoms with Crippen molar-refractivity contribution in [2.24, 2.45) is 11.8 Å². The maximum atomic E-state index is 13.6. The van der Waals surface area contributed by atoms with Gasteiger partial charge in [-0.05, 0) is 73.8 Å². The quantitative estimate of drug-likeness (QED) is 0.156. The fourth-order valence-corrected chi connectivity index (χ4v) is 7.57. The first-order chi connectivity index (χ1) is 25.9. The molecule has 3 atom stereocenters. The van der Waals surface area contributed by atoms with Crippen LogP contribution in [0.2, 0.25) is 0 Å². The zero-order valence-corrected chi connectivity index (χ0v) is 32.7. The fraction of sp³-hybridized carbons (Fsp3) is 0.600. The number of hydrogen-bond acceptors (Lipinski definition) is 9. The molecule has 3 aromatic rings. The predicted octanol–water partition coefficient (Wildman–Crippen LogP) is 7.06. The number of hydrogen-bond donors (Lipinski definition) is 3. The third-order valence-electron chi connectivity index (χ3n) is 10.8. The van der Waals surface area contributed by atoms with Crippen molar-refractivity contribution in [3.63, 3.8) is 0 Å². The van der Waals surface area contributed by atoms with Gasteiger partial charge in [0.15, 0.2) is 0 Å². The number of imidazole rings is 1. The van der Waals surface area contributed by atoms with Gasteiger partial charge in [-0.2, -0.15) is 4.98 Å². The van der Waals surface area contributed by atoms with E-state index in [0.717, 1.165) is 74.1 Å². The number of H-pyrrole nitrogens is 1. The molecule has 2 aliphatic rings. The summed E-state index contributed by atoms with van der Waals surface area (Å²) in [6.07, 6.45) is 9.46. The number of aromatic nitrogens is 3. The number of likely N-dealkylation sites (tertiary alicyclic amines) is 1. The van der Waals surface area contributed by atoms with E-state index in [-0.39, 0.29) is 41.6 Å². The standard InChI is InChI=1S/C40H57N7O7/c1-8-9-20-47(37(49)34(25(4)5)45-40(51)53-7)38-43-31(23-54-38)29-18-14-27(15-19-29)26-12-16-28(17-13-26)30-22-41-35(42-30)32-11-10-21-46(32)36(48)33(24(2)3)44-39(50)52-6/h12-13,16-17,22-25,27,29,32-34H,8-11,14-15,18-21H2,1-7H3,(H,41,42)(H,44,50)(H,45,51). The van der Waals surface area contributed by atoms with Crippen LogP contribution in [0.5, 0.6) is 0 Å². The number of nitrogens with one attached hydrogen (secondary N) is 3. The first-order valence-electron chi connectivity index (χ1n) is 19.4. The number of amides is 4. The average molecular weight is 748 g/mol. The lowest BCUT2D eigenvalue weighted by Gasteiger charge is -2.30. The number of ether oxygens (including phenoxy) is 2. The molecular formula is C40H57N7O7. The van der Waals surface area contributed by atoms with E-state index in [1.54, 1.807) is 11.2 Å². The van der Waals surface area contributed by atoms with Crippen molar-refractivity contribution >= 4 is 30.0 Å². The van der Waals surface area contributed by atoms with Crippen LogP contribution in [0.25, 0.3) is 11.3 Å². The van der Waals surface area contributed by atoms with Crippen LogP contribution >= 0.6 is 0 Å². The molecule has 294 valence electrons. The first kappa shape index (κ1) is 40.3. The highest BCUT2D eigenvalue weighted by molar-refractivity contribution is 5.97. The topological polar surface area (TPSA) is 172 Å². The molecule has 14 nitrogen and oxygen atoms in total. The molecule has 0 radical (unpaired) electrons. The predicted molar refractivity (Wildman–Crippen MR) is 204 cm³/mol. The van der Waals surface area contributed by atoms with E-state index in [0.29, 0.717) is 19.0 Å². The Morgan fingerprint density at radius 3 is 2.17 bits per heavy atom. The van der Waals surface area contributed by atoms with Crippen molar-refractivity contribution in [2.45, 2.75) is 116 Å². The number of methoxy groups -OCH3 is 2. The average Bonchev–Trinajstić information content (AvgIpc) is 3.97. The van der Waals surface area contributed by atoms with Crippen LogP contribution < -0.4 is 15.5 Å². The number of aromatic amines is 1. The second-order valence-electron chi connectivity index (χ2n) is 15.2. The molecule has 3 unspecified atom stereocenters. The molecule has 1 saturated heterocycles. The molecule has 1 saturated carbocycles. The van der Waals surface area contributed by atoms with E-state index in [2.05, 4.69) is 51.8 Å². The number of carbonyl (C=O) groups is 4. The highest BCUT2D eigenvalue weighted by Crippen LogP contribution is 2.41. The molecule has 0 bridgehead atoms. The number of nitrogens with zero attached hydrogens (tertiary/aromatic N) is 4. The Bertz CT molecular complexity index is 1710. The van der Waals surface area contributed by atoms with Gasteiger partial charge in [-0.1, -0.05) is 65.3 Å². The van der Waals surface area contributed by atoms with E-state index in [4.69, 9.17) is 18.9 Å². The van der Waals surface area contributed by atoms with Gasteiger partial charge in [0, 0.05) is 19.0 Å². The minimum Gasteiger partial charge on any atom is -0.453 e. The normalized spacial score (nSPS) is 19.7. The van der Waals surface area contributed by atoms with Crippen LogP contribution in [0.15, 0.2) is 41.1 Å². The summed E-state index contributed by atoms with van der Waals surface area (Å²) >= 11 is 0. The highest BCUT2D eigenvalue weighted by atomic mass is 16.5. The lowest BCUT2D eigenvalue weighted by Crippen LogP contribution is -2.51. The molecule has 4 amide bonds. The summed E-state index contributed by atoms with van der Waals surface area (Å²) in [4.78, 5) is 67.4. The van der Waals surface area contributed by atoms with Crippen LogP contribution in [0.3, 0.4) is 0 Å². The van der Waals surface area contributed by atoms with Crippen molar-refractivity contribution < 1.29 is 33.1 Å². The van der Waals surface area contributed by atoms with E-state index in [1.165, 1.54) is 19.8 Å². The van der Waals surface area contributed by atoms with Crippen molar-refractivity contribution in [1.82, 2.24) is 30.5 Å². The third-order valence-corrected chi connectivity index (χ3v) is 10.8. The number of alkyl carbamates (subject to hydrolysis) is 2. The zero-order chi connectivity index (χ0) is 38.9. The van der Waals surface area contributed by atoms with E-state index in [9.17, 15) is 19.2 Å². The number of oxazole rings is 1. The molecule has 14 heteroatoms. The van der Waals surface area contributed by atoms with Gasteiger partial charge in [-0.15, -0.1) is 0 Å². The molecule has 2 fully saturated rings. The molecule has 2 aromatic heterocycles. The summed E-state index contributed by atoms with van der Waals surface area (Å²) in [6, 6.07) is 7.25. The molecule has 1 aliphatic heterocycles. The lowest BCUT2D eigenvalue weighted by atomic mass is 9.77. The number of rotatable bonds is 14. The van der Waals surface area contributed by atoms with Crippen LogP contribution in [-0.4, -0.2) is 83.2 Å². The summed E-state index contributed by atoms with van der Waals surface area (Å²) in [5, 5.41) is 5.37. The zero-order valence-electron chi connectivity index (χ0n) is 32.7. The van der Waals surface area contributed by atoms with Crippen molar-refractivity contribution in [1.29, 1.82) is 0 Å². The summed E-state index contributed by atoms with van der Waals surface area (Å²) < 4.78 is 15.4. The van der Waals surface area contributed by atoms with Crippen LogP contribution in [0, 0.1) is 11.8 Å². The van der Waals surface area contributed by atoms with Gasteiger partial charge >= 0.3 is 18.2 Å². The Kier molecular flexibility index (Phi) is 13.8. The summed E-state index contributed by atoms with van der Waals surface area (Å²) in [5.41, 5.74) is 4.06. The molecule has 5 rings (SSSR count). The second-order valence-corrected chi connectivity index (χ2v) is 15.2. The molecular weight excluding hydrogens is 690 g/mol. The monoisotopic (exact) mass is 747 g/mol. The van der Waals surface area contributed by atoms with E-state index >= 15 is 0 Å². The third kappa shape index (κ3) is 9.43.